The highest BCUT2D eigenvalue weighted by molar-refractivity contribution is 5.40. The van der Waals surface area contributed by atoms with Gasteiger partial charge in [-0.3, -0.25) is 0 Å². The van der Waals surface area contributed by atoms with E-state index in [2.05, 4.69) is 23.3 Å². The molecule has 106 valence electrons. The summed E-state index contributed by atoms with van der Waals surface area (Å²) in [5.74, 6) is 2.21. The molecule has 0 radical (unpaired) electrons. The van der Waals surface area contributed by atoms with Crippen molar-refractivity contribution >= 4 is 0 Å². The molecule has 0 saturated carbocycles. The largest absolute Gasteiger partial charge is 0.497 e. The second-order valence-electron chi connectivity index (χ2n) is 4.67. The van der Waals surface area contributed by atoms with Crippen LogP contribution in [0, 0.1) is 13.8 Å². The quantitative estimate of drug-likeness (QED) is 0.907. The van der Waals surface area contributed by atoms with E-state index in [1.807, 2.05) is 38.2 Å². The molecular weight excluding hydrogens is 252 g/mol. The Labute approximate surface area is 119 Å². The molecule has 0 aliphatic carbocycles. The topological polar surface area (TPSA) is 43.4 Å². The summed E-state index contributed by atoms with van der Waals surface area (Å²) in [5.41, 5.74) is 3.20. The number of ether oxygens (including phenoxy) is 2. The summed E-state index contributed by atoms with van der Waals surface area (Å²) in [6, 6.07) is 9.56. The molecule has 0 spiro atoms. The molecule has 1 N–H and O–H groups in total. The smallest absolute Gasteiger partial charge is 0.224 e. The third kappa shape index (κ3) is 3.27. The molecule has 1 aromatic carbocycles. The van der Waals surface area contributed by atoms with Crippen LogP contribution in [0.1, 0.15) is 16.8 Å². The van der Waals surface area contributed by atoms with Crippen molar-refractivity contribution in [3.05, 3.63) is 47.2 Å². The summed E-state index contributed by atoms with van der Waals surface area (Å²) in [6.45, 7) is 4.77. The van der Waals surface area contributed by atoms with Crippen LogP contribution in [0.2, 0.25) is 0 Å². The highest BCUT2D eigenvalue weighted by Crippen LogP contribution is 2.27. The lowest BCUT2D eigenvalue weighted by Crippen LogP contribution is -2.09. The summed E-state index contributed by atoms with van der Waals surface area (Å²) < 4.78 is 11.1. The number of rotatable bonds is 5. The fourth-order valence-electron chi connectivity index (χ4n) is 2.06. The monoisotopic (exact) mass is 272 g/mol. The van der Waals surface area contributed by atoms with Gasteiger partial charge in [0.05, 0.1) is 7.11 Å². The number of hydrogen-bond acceptors (Lipinski definition) is 4. The third-order valence-corrected chi connectivity index (χ3v) is 3.06. The van der Waals surface area contributed by atoms with Gasteiger partial charge in [-0.2, -0.15) is 0 Å². The fraction of sp³-hybridized carbons (Fsp3) is 0.312. The first-order valence-corrected chi connectivity index (χ1v) is 6.57. The average molecular weight is 272 g/mol. The van der Waals surface area contributed by atoms with E-state index < -0.39 is 0 Å². The molecule has 0 aliphatic heterocycles. The minimum Gasteiger partial charge on any atom is -0.497 e. The number of pyridine rings is 1. The van der Waals surface area contributed by atoms with Crippen LogP contribution in [0.3, 0.4) is 0 Å². The number of aryl methyl sites for hydroxylation is 2. The van der Waals surface area contributed by atoms with Crippen molar-refractivity contribution in [1.82, 2.24) is 10.3 Å². The SMILES string of the molecule is CNCc1c(C)cc(C)nc1Oc1ccc(OC)cc1. The number of aromatic nitrogens is 1. The first-order chi connectivity index (χ1) is 9.63. The molecule has 2 aromatic rings. The number of hydrogen-bond donors (Lipinski definition) is 1. The minimum atomic E-state index is 0.655. The van der Waals surface area contributed by atoms with Gasteiger partial charge in [0.25, 0.3) is 0 Å². The Morgan fingerprint density at radius 3 is 2.35 bits per heavy atom. The lowest BCUT2D eigenvalue weighted by molar-refractivity contribution is 0.411. The van der Waals surface area contributed by atoms with E-state index in [4.69, 9.17) is 9.47 Å². The predicted octanol–water partition coefficient (Wildman–Crippen LogP) is 3.22. The van der Waals surface area contributed by atoms with Crippen molar-refractivity contribution in [3.63, 3.8) is 0 Å². The van der Waals surface area contributed by atoms with Gasteiger partial charge >= 0.3 is 0 Å². The van der Waals surface area contributed by atoms with E-state index in [0.717, 1.165) is 29.3 Å². The Morgan fingerprint density at radius 2 is 1.75 bits per heavy atom. The van der Waals surface area contributed by atoms with Crippen LogP contribution < -0.4 is 14.8 Å². The normalized spacial score (nSPS) is 10.4. The van der Waals surface area contributed by atoms with Crippen molar-refractivity contribution in [3.8, 4) is 17.4 Å². The Hall–Kier alpha value is -2.07. The van der Waals surface area contributed by atoms with Crippen LogP contribution >= 0.6 is 0 Å². The number of methoxy groups -OCH3 is 1. The first-order valence-electron chi connectivity index (χ1n) is 6.57. The number of benzene rings is 1. The first kappa shape index (κ1) is 14.3. The van der Waals surface area contributed by atoms with Gasteiger partial charge < -0.3 is 14.8 Å². The number of nitrogens with zero attached hydrogens (tertiary/aromatic N) is 1. The molecule has 0 fully saturated rings. The molecule has 1 heterocycles. The summed E-state index contributed by atoms with van der Waals surface area (Å²) in [5, 5.41) is 3.15. The van der Waals surface area contributed by atoms with Gasteiger partial charge in [0.15, 0.2) is 0 Å². The van der Waals surface area contributed by atoms with E-state index in [9.17, 15) is 0 Å². The standard InChI is InChI=1S/C16H20N2O2/c1-11-9-12(2)18-16(15(11)10-17-3)20-14-7-5-13(19-4)6-8-14/h5-9,17H,10H2,1-4H3. The molecule has 0 bridgehead atoms. The van der Waals surface area contributed by atoms with Gasteiger partial charge in [-0.15, -0.1) is 0 Å². The Morgan fingerprint density at radius 1 is 1.10 bits per heavy atom. The van der Waals surface area contributed by atoms with Crippen LogP contribution in [-0.2, 0) is 6.54 Å². The molecule has 2 rings (SSSR count). The van der Waals surface area contributed by atoms with E-state index in [1.165, 1.54) is 5.56 Å². The van der Waals surface area contributed by atoms with Gasteiger partial charge in [-0.05, 0) is 56.8 Å². The van der Waals surface area contributed by atoms with Crippen LogP contribution in [-0.4, -0.2) is 19.1 Å². The van der Waals surface area contributed by atoms with E-state index in [1.54, 1.807) is 7.11 Å². The average Bonchev–Trinajstić information content (AvgIpc) is 2.43. The molecule has 0 aliphatic rings. The Bertz CT molecular complexity index is 580. The molecule has 4 heteroatoms. The summed E-state index contributed by atoms with van der Waals surface area (Å²) in [4.78, 5) is 4.50. The van der Waals surface area contributed by atoms with Crippen molar-refractivity contribution in [2.75, 3.05) is 14.2 Å². The maximum absolute atomic E-state index is 5.92. The summed E-state index contributed by atoms with van der Waals surface area (Å²) in [7, 11) is 3.56. The third-order valence-electron chi connectivity index (χ3n) is 3.06. The zero-order valence-electron chi connectivity index (χ0n) is 12.4. The van der Waals surface area contributed by atoms with Gasteiger partial charge in [0.1, 0.15) is 11.5 Å². The summed E-state index contributed by atoms with van der Waals surface area (Å²) in [6.07, 6.45) is 0. The zero-order chi connectivity index (χ0) is 14.5. The highest BCUT2D eigenvalue weighted by atomic mass is 16.5. The Kier molecular flexibility index (Phi) is 4.58. The highest BCUT2D eigenvalue weighted by Gasteiger charge is 2.10. The molecule has 4 nitrogen and oxygen atoms in total. The molecular formula is C16H20N2O2. The number of nitrogens with one attached hydrogen (secondary N) is 1. The summed E-state index contributed by atoms with van der Waals surface area (Å²) >= 11 is 0. The van der Waals surface area contributed by atoms with Gasteiger partial charge in [0, 0.05) is 17.8 Å². The lowest BCUT2D eigenvalue weighted by atomic mass is 10.1. The molecule has 0 unspecified atom stereocenters. The van der Waals surface area contributed by atoms with Gasteiger partial charge in [0.2, 0.25) is 5.88 Å². The van der Waals surface area contributed by atoms with Crippen molar-refractivity contribution in [2.24, 2.45) is 0 Å². The maximum Gasteiger partial charge on any atom is 0.224 e. The van der Waals surface area contributed by atoms with E-state index >= 15 is 0 Å². The van der Waals surface area contributed by atoms with Crippen LogP contribution in [0.4, 0.5) is 0 Å². The molecule has 1 aromatic heterocycles. The van der Waals surface area contributed by atoms with Crippen molar-refractivity contribution in [2.45, 2.75) is 20.4 Å². The van der Waals surface area contributed by atoms with Gasteiger partial charge in [-0.25, -0.2) is 4.98 Å². The van der Waals surface area contributed by atoms with Crippen LogP contribution in [0.5, 0.6) is 17.4 Å². The molecule has 0 saturated heterocycles. The molecule has 20 heavy (non-hydrogen) atoms. The van der Waals surface area contributed by atoms with E-state index in [0.29, 0.717) is 5.88 Å². The zero-order valence-corrected chi connectivity index (χ0v) is 12.4. The van der Waals surface area contributed by atoms with Crippen LogP contribution in [0.15, 0.2) is 30.3 Å². The van der Waals surface area contributed by atoms with E-state index in [-0.39, 0.29) is 0 Å². The predicted molar refractivity (Wildman–Crippen MR) is 79.5 cm³/mol. The fourth-order valence-corrected chi connectivity index (χ4v) is 2.06. The van der Waals surface area contributed by atoms with Crippen molar-refractivity contribution < 1.29 is 9.47 Å². The Balaban J connectivity index is 2.31. The van der Waals surface area contributed by atoms with Gasteiger partial charge in [-0.1, -0.05) is 0 Å². The maximum atomic E-state index is 5.92. The second kappa shape index (κ2) is 6.39. The molecule has 0 atom stereocenters. The second-order valence-corrected chi connectivity index (χ2v) is 4.67. The van der Waals surface area contributed by atoms with Crippen LogP contribution in [0.25, 0.3) is 0 Å². The lowest BCUT2D eigenvalue weighted by Gasteiger charge is -2.13. The van der Waals surface area contributed by atoms with Crippen molar-refractivity contribution in [1.29, 1.82) is 0 Å². The minimum absolute atomic E-state index is 0.655. The molecule has 0 amide bonds.